The van der Waals surface area contributed by atoms with Crippen LogP contribution in [0.3, 0.4) is 0 Å². The van der Waals surface area contributed by atoms with Crippen LogP contribution < -0.4 is 15.8 Å². The molecule has 1 aliphatic rings. The van der Waals surface area contributed by atoms with E-state index in [1.54, 1.807) is 7.11 Å². The van der Waals surface area contributed by atoms with Crippen LogP contribution in [0, 0.1) is 0 Å². The van der Waals surface area contributed by atoms with Crippen LogP contribution in [0.1, 0.15) is 12.8 Å². The maximum Gasteiger partial charge on any atom is 0.243 e. The van der Waals surface area contributed by atoms with Crippen molar-refractivity contribution in [1.82, 2.24) is 0 Å². The molecule has 1 aromatic carbocycles. The highest BCUT2D eigenvalue weighted by molar-refractivity contribution is 5.91. The van der Waals surface area contributed by atoms with Crippen LogP contribution in [0.15, 0.2) is 24.3 Å². The van der Waals surface area contributed by atoms with E-state index in [2.05, 4.69) is 5.32 Å². The first-order chi connectivity index (χ1) is 7.16. The van der Waals surface area contributed by atoms with Crippen LogP contribution >= 0.6 is 0 Å². The molecular weight excluding hydrogens is 192 g/mol. The lowest BCUT2D eigenvalue weighted by atomic mass is 10.2. The van der Waals surface area contributed by atoms with E-state index in [9.17, 15) is 4.79 Å². The SMILES string of the molecule is COc1cccc(NC2(C(N)=O)CC2)c1. The molecule has 1 aliphatic carbocycles. The number of carbonyl (C=O) groups is 1. The molecule has 0 aliphatic heterocycles. The summed E-state index contributed by atoms with van der Waals surface area (Å²) in [7, 11) is 1.61. The number of hydrogen-bond acceptors (Lipinski definition) is 3. The number of hydrogen-bond donors (Lipinski definition) is 2. The fourth-order valence-electron chi connectivity index (χ4n) is 1.54. The summed E-state index contributed by atoms with van der Waals surface area (Å²) in [4.78, 5) is 11.2. The number of anilines is 1. The first kappa shape index (κ1) is 9.83. The van der Waals surface area contributed by atoms with Crippen LogP contribution in [0.2, 0.25) is 0 Å². The van der Waals surface area contributed by atoms with Crippen molar-refractivity contribution in [3.8, 4) is 5.75 Å². The number of primary amides is 1. The zero-order valence-corrected chi connectivity index (χ0v) is 8.62. The van der Waals surface area contributed by atoms with E-state index in [4.69, 9.17) is 10.5 Å². The van der Waals surface area contributed by atoms with Gasteiger partial charge in [0.05, 0.1) is 7.11 Å². The maximum absolute atomic E-state index is 11.2. The zero-order valence-electron chi connectivity index (χ0n) is 8.62. The Balaban J connectivity index is 2.14. The van der Waals surface area contributed by atoms with Gasteiger partial charge in [-0.2, -0.15) is 0 Å². The van der Waals surface area contributed by atoms with E-state index in [0.717, 1.165) is 24.3 Å². The van der Waals surface area contributed by atoms with Gasteiger partial charge in [-0.1, -0.05) is 6.07 Å². The summed E-state index contributed by atoms with van der Waals surface area (Å²) in [6.07, 6.45) is 1.61. The molecule has 1 amide bonds. The van der Waals surface area contributed by atoms with E-state index >= 15 is 0 Å². The quantitative estimate of drug-likeness (QED) is 0.776. The van der Waals surface area contributed by atoms with Crippen LogP contribution in [0.4, 0.5) is 5.69 Å². The molecule has 2 rings (SSSR count). The Bertz CT molecular complexity index is 386. The number of nitrogens with two attached hydrogens (primary N) is 1. The van der Waals surface area contributed by atoms with Crippen molar-refractivity contribution >= 4 is 11.6 Å². The average Bonchev–Trinajstić information content (AvgIpc) is 2.99. The number of methoxy groups -OCH3 is 1. The highest BCUT2D eigenvalue weighted by Gasteiger charge is 2.48. The summed E-state index contributed by atoms with van der Waals surface area (Å²) in [6, 6.07) is 7.47. The Labute approximate surface area is 88.4 Å². The molecule has 0 unspecified atom stereocenters. The minimum atomic E-state index is -0.521. The molecule has 0 bridgehead atoms. The second-order valence-electron chi connectivity index (χ2n) is 3.80. The monoisotopic (exact) mass is 206 g/mol. The highest BCUT2D eigenvalue weighted by atomic mass is 16.5. The Hall–Kier alpha value is -1.71. The molecule has 0 spiro atoms. The largest absolute Gasteiger partial charge is 0.497 e. The molecule has 3 N–H and O–H groups in total. The molecule has 0 heterocycles. The molecule has 1 fully saturated rings. The third-order valence-corrected chi connectivity index (χ3v) is 2.68. The van der Waals surface area contributed by atoms with Crippen molar-refractivity contribution in [3.63, 3.8) is 0 Å². The number of ether oxygens (including phenoxy) is 1. The second kappa shape index (κ2) is 3.46. The molecule has 0 atom stereocenters. The van der Waals surface area contributed by atoms with Gasteiger partial charge in [-0.25, -0.2) is 0 Å². The van der Waals surface area contributed by atoms with E-state index in [0.29, 0.717) is 0 Å². The zero-order chi connectivity index (χ0) is 10.9. The Kier molecular flexibility index (Phi) is 2.26. The van der Waals surface area contributed by atoms with Crippen molar-refractivity contribution in [2.45, 2.75) is 18.4 Å². The third-order valence-electron chi connectivity index (χ3n) is 2.68. The minimum Gasteiger partial charge on any atom is -0.497 e. The number of nitrogens with one attached hydrogen (secondary N) is 1. The predicted octanol–water partition coefficient (Wildman–Crippen LogP) is 1.12. The van der Waals surface area contributed by atoms with Crippen molar-refractivity contribution < 1.29 is 9.53 Å². The average molecular weight is 206 g/mol. The summed E-state index contributed by atoms with van der Waals surface area (Å²) in [5, 5.41) is 3.15. The third kappa shape index (κ3) is 1.88. The summed E-state index contributed by atoms with van der Waals surface area (Å²) in [6.45, 7) is 0. The number of carbonyl (C=O) groups excluding carboxylic acids is 1. The van der Waals surface area contributed by atoms with Crippen molar-refractivity contribution in [2.24, 2.45) is 5.73 Å². The molecule has 80 valence electrons. The van der Waals surface area contributed by atoms with Gasteiger partial charge in [0.15, 0.2) is 0 Å². The van der Waals surface area contributed by atoms with Crippen molar-refractivity contribution in [1.29, 1.82) is 0 Å². The molecule has 0 saturated heterocycles. The lowest BCUT2D eigenvalue weighted by Crippen LogP contribution is -2.37. The molecule has 15 heavy (non-hydrogen) atoms. The summed E-state index contributed by atoms with van der Waals surface area (Å²) in [5.74, 6) is 0.477. The lowest BCUT2D eigenvalue weighted by Gasteiger charge is -2.15. The van der Waals surface area contributed by atoms with Gasteiger partial charge in [-0.15, -0.1) is 0 Å². The van der Waals surface area contributed by atoms with Gasteiger partial charge in [0.1, 0.15) is 11.3 Å². The lowest BCUT2D eigenvalue weighted by molar-refractivity contribution is -0.119. The minimum absolute atomic E-state index is 0.287. The maximum atomic E-state index is 11.2. The molecule has 4 nitrogen and oxygen atoms in total. The van der Waals surface area contributed by atoms with Crippen LogP contribution in [-0.4, -0.2) is 18.6 Å². The van der Waals surface area contributed by atoms with Gasteiger partial charge in [-0.05, 0) is 25.0 Å². The normalized spacial score (nSPS) is 16.9. The standard InChI is InChI=1S/C11H14N2O2/c1-15-9-4-2-3-8(7-9)13-11(5-6-11)10(12)14/h2-4,7,13H,5-6H2,1H3,(H2,12,14). The van der Waals surface area contributed by atoms with Gasteiger partial charge < -0.3 is 15.8 Å². The summed E-state index contributed by atoms with van der Waals surface area (Å²) in [5.41, 5.74) is 5.66. The molecule has 4 heteroatoms. The van der Waals surface area contributed by atoms with E-state index < -0.39 is 5.54 Å². The molecule has 0 aromatic heterocycles. The second-order valence-corrected chi connectivity index (χ2v) is 3.80. The van der Waals surface area contributed by atoms with Gasteiger partial charge in [0.25, 0.3) is 0 Å². The summed E-state index contributed by atoms with van der Waals surface area (Å²) >= 11 is 0. The van der Waals surface area contributed by atoms with E-state index in [1.165, 1.54) is 0 Å². The topological polar surface area (TPSA) is 64.3 Å². The fourth-order valence-corrected chi connectivity index (χ4v) is 1.54. The Morgan fingerprint density at radius 1 is 1.53 bits per heavy atom. The van der Waals surface area contributed by atoms with Crippen LogP contribution in [0.5, 0.6) is 5.75 Å². The number of rotatable bonds is 4. The van der Waals surface area contributed by atoms with Crippen molar-refractivity contribution in [2.75, 3.05) is 12.4 Å². The van der Waals surface area contributed by atoms with Gasteiger partial charge >= 0.3 is 0 Å². The van der Waals surface area contributed by atoms with E-state index in [-0.39, 0.29) is 5.91 Å². The summed E-state index contributed by atoms with van der Waals surface area (Å²) < 4.78 is 5.09. The van der Waals surface area contributed by atoms with Gasteiger partial charge in [0, 0.05) is 11.8 Å². The Morgan fingerprint density at radius 2 is 2.27 bits per heavy atom. The van der Waals surface area contributed by atoms with Crippen molar-refractivity contribution in [3.05, 3.63) is 24.3 Å². The molecule has 1 aromatic rings. The molecule has 0 radical (unpaired) electrons. The van der Waals surface area contributed by atoms with Crippen LogP contribution in [-0.2, 0) is 4.79 Å². The highest BCUT2D eigenvalue weighted by Crippen LogP contribution is 2.38. The Morgan fingerprint density at radius 3 is 2.80 bits per heavy atom. The smallest absolute Gasteiger partial charge is 0.243 e. The van der Waals surface area contributed by atoms with Gasteiger partial charge in [0.2, 0.25) is 5.91 Å². The van der Waals surface area contributed by atoms with Gasteiger partial charge in [-0.3, -0.25) is 4.79 Å². The molecule has 1 saturated carbocycles. The predicted molar refractivity (Wildman–Crippen MR) is 57.8 cm³/mol. The number of amides is 1. The first-order valence-electron chi connectivity index (χ1n) is 4.88. The first-order valence-corrected chi connectivity index (χ1v) is 4.88. The van der Waals surface area contributed by atoms with E-state index in [1.807, 2.05) is 24.3 Å². The fraction of sp³-hybridized carbons (Fsp3) is 0.364. The van der Waals surface area contributed by atoms with Crippen LogP contribution in [0.25, 0.3) is 0 Å². The molecular formula is C11H14N2O2. The number of benzene rings is 1.